The minimum absolute atomic E-state index is 0.268. The lowest BCUT2D eigenvalue weighted by Crippen LogP contribution is -2.31. The summed E-state index contributed by atoms with van der Waals surface area (Å²) in [6.45, 7) is 10.3. The minimum atomic E-state index is -0.629. The number of amides is 2. The van der Waals surface area contributed by atoms with Crippen LogP contribution < -0.4 is 10.2 Å². The predicted molar refractivity (Wildman–Crippen MR) is 154 cm³/mol. The second kappa shape index (κ2) is 10.8. The second-order valence-corrected chi connectivity index (χ2v) is 10.6. The standard InChI is InChI=1S/C32H32N2O6/c1-18-15-22(13-14-23(18)31(38)40-32(4,5)6)33-28(21-11-9-8-10-12-21)27-25-16-19(2)24(30(37)39-7)17-26(25)34(20(3)35)29(27)36/h8-17,33H,1-7H3/b28-27+. The van der Waals surface area contributed by atoms with Gasteiger partial charge in [-0.05, 0) is 81.6 Å². The Morgan fingerprint density at radius 2 is 1.50 bits per heavy atom. The molecule has 3 aromatic rings. The normalized spacial score (nSPS) is 14.0. The molecule has 1 N–H and O–H groups in total. The molecule has 0 fully saturated rings. The Labute approximate surface area is 233 Å². The summed E-state index contributed by atoms with van der Waals surface area (Å²) in [5, 5.41) is 3.37. The Bertz CT molecular complexity index is 1560. The number of aryl methyl sites for hydroxylation is 2. The molecule has 3 aromatic carbocycles. The highest BCUT2D eigenvalue weighted by atomic mass is 16.6. The lowest BCUT2D eigenvalue weighted by molar-refractivity contribution is -0.122. The van der Waals surface area contributed by atoms with Crippen molar-refractivity contribution in [3.8, 4) is 0 Å². The van der Waals surface area contributed by atoms with Crippen LogP contribution in [-0.2, 0) is 19.1 Å². The number of ether oxygens (including phenoxy) is 2. The van der Waals surface area contributed by atoms with Crippen LogP contribution in [0.25, 0.3) is 11.3 Å². The molecule has 0 atom stereocenters. The number of methoxy groups -OCH3 is 1. The third-order valence-electron chi connectivity index (χ3n) is 6.42. The van der Waals surface area contributed by atoms with Gasteiger partial charge in [0.2, 0.25) is 5.91 Å². The molecule has 8 heteroatoms. The fraction of sp³-hybridized carbons (Fsp3) is 0.250. The van der Waals surface area contributed by atoms with Gasteiger partial charge >= 0.3 is 11.9 Å². The van der Waals surface area contributed by atoms with Gasteiger partial charge in [-0.2, -0.15) is 0 Å². The summed E-state index contributed by atoms with van der Waals surface area (Å²) in [6.07, 6.45) is 0. The van der Waals surface area contributed by atoms with Crippen molar-refractivity contribution in [2.24, 2.45) is 0 Å². The van der Waals surface area contributed by atoms with E-state index in [2.05, 4.69) is 5.32 Å². The molecule has 0 spiro atoms. The number of nitrogens with zero attached hydrogens (tertiary/aromatic N) is 1. The van der Waals surface area contributed by atoms with E-state index in [0.717, 1.165) is 4.90 Å². The number of esters is 2. The molecule has 40 heavy (non-hydrogen) atoms. The molecule has 206 valence electrons. The molecular formula is C32H32N2O6. The first kappa shape index (κ1) is 28.3. The van der Waals surface area contributed by atoms with Crippen LogP contribution in [0.3, 0.4) is 0 Å². The Kier molecular flexibility index (Phi) is 7.64. The van der Waals surface area contributed by atoms with Gasteiger partial charge in [0.1, 0.15) is 5.60 Å². The number of anilines is 2. The number of carbonyl (C=O) groups is 4. The van der Waals surface area contributed by atoms with Crippen LogP contribution in [0.5, 0.6) is 0 Å². The van der Waals surface area contributed by atoms with Gasteiger partial charge in [0, 0.05) is 18.2 Å². The number of fused-ring (bicyclic) bond motifs is 1. The molecule has 0 radical (unpaired) electrons. The fourth-order valence-corrected chi connectivity index (χ4v) is 4.63. The zero-order chi connectivity index (χ0) is 29.4. The van der Waals surface area contributed by atoms with E-state index in [0.29, 0.717) is 44.9 Å². The van der Waals surface area contributed by atoms with E-state index in [9.17, 15) is 19.2 Å². The Morgan fingerprint density at radius 1 is 0.850 bits per heavy atom. The maximum absolute atomic E-state index is 13.8. The zero-order valence-corrected chi connectivity index (χ0v) is 23.7. The van der Waals surface area contributed by atoms with Gasteiger partial charge in [-0.25, -0.2) is 14.5 Å². The van der Waals surface area contributed by atoms with Crippen LogP contribution in [0, 0.1) is 13.8 Å². The average molecular weight is 541 g/mol. The molecule has 1 heterocycles. The summed E-state index contributed by atoms with van der Waals surface area (Å²) in [7, 11) is 1.28. The number of rotatable bonds is 5. The molecule has 0 unspecified atom stereocenters. The summed E-state index contributed by atoms with van der Waals surface area (Å²) in [4.78, 5) is 52.7. The van der Waals surface area contributed by atoms with Crippen LogP contribution >= 0.6 is 0 Å². The minimum Gasteiger partial charge on any atom is -0.465 e. The number of benzene rings is 3. The van der Waals surface area contributed by atoms with Crippen molar-refractivity contribution in [1.29, 1.82) is 0 Å². The van der Waals surface area contributed by atoms with Gasteiger partial charge in [-0.15, -0.1) is 0 Å². The Hall–Kier alpha value is -4.72. The molecular weight excluding hydrogens is 508 g/mol. The van der Waals surface area contributed by atoms with Crippen LogP contribution in [0.15, 0.2) is 60.7 Å². The maximum Gasteiger partial charge on any atom is 0.338 e. The highest BCUT2D eigenvalue weighted by Gasteiger charge is 2.39. The summed E-state index contributed by atoms with van der Waals surface area (Å²) in [5.41, 5.74) is 4.30. The highest BCUT2D eigenvalue weighted by Crippen LogP contribution is 2.43. The van der Waals surface area contributed by atoms with Crippen LogP contribution in [0.1, 0.15) is 70.7 Å². The Morgan fingerprint density at radius 3 is 2.08 bits per heavy atom. The molecule has 0 bridgehead atoms. The smallest absolute Gasteiger partial charge is 0.338 e. The Balaban J connectivity index is 1.89. The lowest BCUT2D eigenvalue weighted by Gasteiger charge is -2.21. The van der Waals surface area contributed by atoms with Crippen molar-refractivity contribution in [2.45, 2.75) is 47.1 Å². The maximum atomic E-state index is 13.8. The average Bonchev–Trinajstić information content (AvgIpc) is 3.16. The summed E-state index contributed by atoms with van der Waals surface area (Å²) < 4.78 is 10.4. The first-order chi connectivity index (χ1) is 18.8. The molecule has 0 aliphatic carbocycles. The first-order valence-corrected chi connectivity index (χ1v) is 12.8. The second-order valence-electron chi connectivity index (χ2n) is 10.6. The lowest BCUT2D eigenvalue weighted by atomic mass is 9.96. The number of hydrogen-bond donors (Lipinski definition) is 1. The van der Waals surface area contributed by atoms with E-state index >= 15 is 0 Å². The van der Waals surface area contributed by atoms with Crippen LogP contribution in [0.2, 0.25) is 0 Å². The summed E-state index contributed by atoms with van der Waals surface area (Å²) >= 11 is 0. The van der Waals surface area contributed by atoms with E-state index in [-0.39, 0.29) is 11.1 Å². The van der Waals surface area contributed by atoms with Crippen molar-refractivity contribution in [3.63, 3.8) is 0 Å². The van der Waals surface area contributed by atoms with Crippen LogP contribution in [-0.4, -0.2) is 36.5 Å². The quantitative estimate of drug-likeness (QED) is 0.317. The van der Waals surface area contributed by atoms with E-state index < -0.39 is 29.4 Å². The summed E-state index contributed by atoms with van der Waals surface area (Å²) in [6, 6.07) is 17.7. The van der Waals surface area contributed by atoms with E-state index in [1.807, 2.05) is 58.0 Å². The SMILES string of the molecule is COC(=O)c1cc2c(cc1C)/C(=C(\Nc1ccc(C(=O)OC(C)(C)C)c(C)c1)c1ccccc1)C(=O)N2C(C)=O. The van der Waals surface area contributed by atoms with Crippen molar-refractivity contribution in [2.75, 3.05) is 17.3 Å². The van der Waals surface area contributed by atoms with E-state index in [1.54, 1.807) is 31.2 Å². The number of carbonyl (C=O) groups excluding carboxylic acids is 4. The molecule has 8 nitrogen and oxygen atoms in total. The third kappa shape index (κ3) is 5.52. The molecule has 1 aliphatic rings. The monoisotopic (exact) mass is 540 g/mol. The molecule has 4 rings (SSSR count). The van der Waals surface area contributed by atoms with E-state index in [1.165, 1.54) is 20.1 Å². The van der Waals surface area contributed by atoms with Crippen molar-refractivity contribution >= 4 is 46.4 Å². The third-order valence-corrected chi connectivity index (χ3v) is 6.42. The first-order valence-electron chi connectivity index (χ1n) is 12.8. The molecule has 0 saturated heterocycles. The van der Waals surface area contributed by atoms with Crippen LogP contribution in [0.4, 0.5) is 11.4 Å². The molecule has 0 aromatic heterocycles. The van der Waals surface area contributed by atoms with Gasteiger partial charge in [-0.3, -0.25) is 9.59 Å². The number of hydrogen-bond acceptors (Lipinski definition) is 7. The van der Waals surface area contributed by atoms with Gasteiger partial charge in [0.05, 0.1) is 35.2 Å². The molecule has 1 aliphatic heterocycles. The van der Waals surface area contributed by atoms with Crippen molar-refractivity contribution in [1.82, 2.24) is 0 Å². The van der Waals surface area contributed by atoms with Gasteiger partial charge in [0.15, 0.2) is 0 Å². The highest BCUT2D eigenvalue weighted by molar-refractivity contribution is 6.44. The molecule has 2 amide bonds. The topological polar surface area (TPSA) is 102 Å². The molecule has 0 saturated carbocycles. The fourth-order valence-electron chi connectivity index (χ4n) is 4.63. The van der Waals surface area contributed by atoms with Crippen molar-refractivity contribution in [3.05, 3.63) is 94.0 Å². The number of nitrogens with one attached hydrogen (secondary N) is 1. The van der Waals surface area contributed by atoms with Gasteiger partial charge in [-0.1, -0.05) is 30.3 Å². The van der Waals surface area contributed by atoms with Gasteiger partial charge in [0.25, 0.3) is 5.91 Å². The van der Waals surface area contributed by atoms with Crippen molar-refractivity contribution < 1.29 is 28.7 Å². The number of imide groups is 1. The zero-order valence-electron chi connectivity index (χ0n) is 23.7. The summed E-state index contributed by atoms with van der Waals surface area (Å²) in [5.74, 6) is -1.98. The van der Waals surface area contributed by atoms with E-state index in [4.69, 9.17) is 9.47 Å². The predicted octanol–water partition coefficient (Wildman–Crippen LogP) is 5.92. The van der Waals surface area contributed by atoms with Gasteiger partial charge < -0.3 is 14.8 Å². The largest absolute Gasteiger partial charge is 0.465 e.